The van der Waals surface area contributed by atoms with Crippen LogP contribution in [0.1, 0.15) is 41.4 Å². The normalized spacial score (nSPS) is 10.6. The highest BCUT2D eigenvalue weighted by molar-refractivity contribution is 8.14. The standard InChI is InChI=1S/C33H39ClN6O8S/c1-20-25(26-14-24(48-3)10-11-27(26)40(20)33(47)22-6-8-23(34)9-7-22)15-28(42)35-12-4-5-13-36-29(43)16-37-30(44)17-38-31(45)18-39-32(46)19-49-21(2)41/h6-11,14H,4-5,12-13,15-19H2,1-3H3,(H,35,42)(H,36,43)(H,37,44)(H,38,45)(H,39,46). The van der Waals surface area contributed by atoms with Crippen molar-refractivity contribution >= 4 is 74.8 Å². The molecule has 0 aliphatic heterocycles. The van der Waals surface area contributed by atoms with E-state index < -0.39 is 23.6 Å². The zero-order chi connectivity index (χ0) is 35.9. The van der Waals surface area contributed by atoms with Gasteiger partial charge in [-0.2, -0.15) is 0 Å². The first-order valence-corrected chi connectivity index (χ1v) is 16.7. The molecule has 0 aliphatic carbocycles. The molecule has 16 heteroatoms. The number of fused-ring (bicyclic) bond motifs is 1. The number of aromatic nitrogens is 1. The average molecular weight is 715 g/mol. The van der Waals surface area contributed by atoms with E-state index >= 15 is 0 Å². The van der Waals surface area contributed by atoms with Crippen LogP contribution < -0.4 is 31.3 Å². The van der Waals surface area contributed by atoms with Crippen molar-refractivity contribution in [2.24, 2.45) is 0 Å². The van der Waals surface area contributed by atoms with Crippen molar-refractivity contribution < 1.29 is 38.3 Å². The molecule has 0 aliphatic rings. The van der Waals surface area contributed by atoms with Crippen LogP contribution in [0.3, 0.4) is 0 Å². The van der Waals surface area contributed by atoms with E-state index in [1.165, 1.54) is 6.92 Å². The molecule has 0 saturated carbocycles. The predicted octanol–water partition coefficient (Wildman–Crippen LogP) is 1.48. The van der Waals surface area contributed by atoms with Crippen molar-refractivity contribution in [3.63, 3.8) is 0 Å². The number of rotatable bonds is 17. The lowest BCUT2D eigenvalue weighted by Gasteiger charge is -2.09. The molecule has 49 heavy (non-hydrogen) atoms. The van der Waals surface area contributed by atoms with Gasteiger partial charge in [0.1, 0.15) is 5.75 Å². The Morgan fingerprint density at radius 3 is 1.88 bits per heavy atom. The Bertz CT molecular complexity index is 1710. The Hall–Kier alpha value is -4.89. The van der Waals surface area contributed by atoms with Gasteiger partial charge in [-0.15, -0.1) is 0 Å². The lowest BCUT2D eigenvalue weighted by Crippen LogP contribution is -2.44. The summed E-state index contributed by atoms with van der Waals surface area (Å²) in [5, 5.41) is 13.6. The molecule has 0 bridgehead atoms. The molecule has 5 amide bonds. The highest BCUT2D eigenvalue weighted by atomic mass is 35.5. The van der Waals surface area contributed by atoms with Crippen LogP contribution in [0.4, 0.5) is 0 Å². The lowest BCUT2D eigenvalue weighted by atomic mass is 10.1. The van der Waals surface area contributed by atoms with Crippen molar-refractivity contribution in [3.05, 3.63) is 64.3 Å². The van der Waals surface area contributed by atoms with E-state index in [2.05, 4.69) is 26.6 Å². The minimum Gasteiger partial charge on any atom is -0.497 e. The third kappa shape index (κ3) is 12.3. The van der Waals surface area contributed by atoms with Crippen LogP contribution >= 0.6 is 23.4 Å². The molecule has 0 atom stereocenters. The number of halogens is 1. The highest BCUT2D eigenvalue weighted by Gasteiger charge is 2.22. The number of ether oxygens (including phenoxy) is 1. The Labute approximate surface area is 292 Å². The molecule has 0 spiro atoms. The molecular weight excluding hydrogens is 676 g/mol. The van der Waals surface area contributed by atoms with E-state index in [9.17, 15) is 33.6 Å². The van der Waals surface area contributed by atoms with E-state index in [0.29, 0.717) is 59.0 Å². The average Bonchev–Trinajstić information content (AvgIpc) is 3.35. The Kier molecular flexibility index (Phi) is 15.1. The van der Waals surface area contributed by atoms with E-state index in [1.807, 2.05) is 0 Å². The maximum absolute atomic E-state index is 13.5. The van der Waals surface area contributed by atoms with Crippen molar-refractivity contribution in [1.29, 1.82) is 0 Å². The number of thioether (sulfide) groups is 1. The minimum atomic E-state index is -0.598. The number of nitrogens with one attached hydrogen (secondary N) is 5. The van der Waals surface area contributed by atoms with Crippen LogP contribution in [-0.2, 0) is 35.2 Å². The summed E-state index contributed by atoms with van der Waals surface area (Å²) in [4.78, 5) is 84.5. The molecule has 3 aromatic rings. The third-order valence-electron chi connectivity index (χ3n) is 7.17. The van der Waals surface area contributed by atoms with Gasteiger partial charge in [0.25, 0.3) is 5.91 Å². The first kappa shape index (κ1) is 38.6. The van der Waals surface area contributed by atoms with E-state index in [-0.39, 0.29) is 48.7 Å². The molecule has 3 rings (SSSR count). The SMILES string of the molecule is COc1ccc2c(c1)c(CC(=O)NCCCCNC(=O)CNC(=O)CNC(=O)CNC(=O)CSC(C)=O)c(C)n2C(=O)c1ccc(Cl)cc1. The maximum atomic E-state index is 13.5. The van der Waals surface area contributed by atoms with Crippen LogP contribution in [0.15, 0.2) is 42.5 Å². The summed E-state index contributed by atoms with van der Waals surface area (Å²) in [6.07, 6.45) is 1.19. The second-order valence-corrected chi connectivity index (χ2v) is 12.4. The smallest absolute Gasteiger partial charge is 0.262 e. The highest BCUT2D eigenvalue weighted by Crippen LogP contribution is 2.31. The van der Waals surface area contributed by atoms with Gasteiger partial charge in [-0.1, -0.05) is 23.4 Å². The van der Waals surface area contributed by atoms with Crippen molar-refractivity contribution in [2.45, 2.75) is 33.1 Å². The van der Waals surface area contributed by atoms with Crippen LogP contribution in [0, 0.1) is 6.92 Å². The second kappa shape index (κ2) is 19.2. The molecule has 5 N–H and O–H groups in total. The Morgan fingerprint density at radius 2 is 1.31 bits per heavy atom. The number of benzene rings is 2. The Morgan fingerprint density at radius 1 is 0.755 bits per heavy atom. The lowest BCUT2D eigenvalue weighted by molar-refractivity contribution is -0.128. The van der Waals surface area contributed by atoms with Crippen LogP contribution in [0.5, 0.6) is 5.75 Å². The number of hydrogen-bond donors (Lipinski definition) is 5. The quantitative estimate of drug-likeness (QED) is 0.129. The first-order chi connectivity index (χ1) is 23.4. The van der Waals surface area contributed by atoms with Gasteiger partial charge in [-0.05, 0) is 67.8 Å². The van der Waals surface area contributed by atoms with Crippen molar-refractivity contribution in [2.75, 3.05) is 45.6 Å². The number of nitrogens with zero attached hydrogens (tertiary/aromatic N) is 1. The van der Waals surface area contributed by atoms with E-state index in [0.717, 1.165) is 17.1 Å². The molecule has 2 aromatic carbocycles. The monoisotopic (exact) mass is 714 g/mol. The van der Waals surface area contributed by atoms with Gasteiger partial charge in [0, 0.05) is 41.7 Å². The minimum absolute atomic E-state index is 0.0439. The van der Waals surface area contributed by atoms with E-state index in [1.54, 1.807) is 61.1 Å². The zero-order valence-corrected chi connectivity index (χ0v) is 29.0. The summed E-state index contributed by atoms with van der Waals surface area (Å²) in [7, 11) is 1.55. The van der Waals surface area contributed by atoms with Crippen molar-refractivity contribution in [3.8, 4) is 5.75 Å². The fraction of sp³-hybridized carbons (Fsp3) is 0.364. The molecule has 14 nitrogen and oxygen atoms in total. The van der Waals surface area contributed by atoms with E-state index in [4.69, 9.17) is 16.3 Å². The molecule has 262 valence electrons. The maximum Gasteiger partial charge on any atom is 0.262 e. The summed E-state index contributed by atoms with van der Waals surface area (Å²) in [6, 6.07) is 12.0. The fourth-order valence-electron chi connectivity index (χ4n) is 4.67. The molecule has 0 fully saturated rings. The predicted molar refractivity (Wildman–Crippen MR) is 186 cm³/mol. The zero-order valence-electron chi connectivity index (χ0n) is 27.4. The van der Waals surface area contributed by atoms with Gasteiger partial charge in [0.05, 0.1) is 44.4 Å². The van der Waals surface area contributed by atoms with Gasteiger partial charge in [0.15, 0.2) is 5.12 Å². The van der Waals surface area contributed by atoms with Crippen molar-refractivity contribution in [1.82, 2.24) is 31.2 Å². The first-order valence-electron chi connectivity index (χ1n) is 15.3. The Balaban J connectivity index is 1.38. The summed E-state index contributed by atoms with van der Waals surface area (Å²) >= 11 is 6.81. The summed E-state index contributed by atoms with van der Waals surface area (Å²) < 4.78 is 6.97. The molecule has 0 unspecified atom stereocenters. The molecule has 1 aromatic heterocycles. The third-order valence-corrected chi connectivity index (χ3v) is 8.23. The topological polar surface area (TPSA) is 194 Å². The van der Waals surface area contributed by atoms with Gasteiger partial charge >= 0.3 is 0 Å². The van der Waals surface area contributed by atoms with Crippen LogP contribution in [0.25, 0.3) is 10.9 Å². The van der Waals surface area contributed by atoms with Gasteiger partial charge in [-0.25, -0.2) is 0 Å². The molecule has 1 heterocycles. The number of hydrogen-bond acceptors (Lipinski definition) is 9. The summed E-state index contributed by atoms with van der Waals surface area (Å²) in [5.74, 6) is -2.07. The summed E-state index contributed by atoms with van der Waals surface area (Å²) in [5.41, 5.74) is 2.45. The van der Waals surface area contributed by atoms with Gasteiger partial charge in [-0.3, -0.25) is 38.1 Å². The molecule has 0 radical (unpaired) electrons. The van der Waals surface area contributed by atoms with Gasteiger partial charge < -0.3 is 31.3 Å². The number of amides is 5. The largest absolute Gasteiger partial charge is 0.497 e. The molecule has 0 saturated heterocycles. The fourth-order valence-corrected chi connectivity index (χ4v) is 5.23. The van der Waals surface area contributed by atoms with Gasteiger partial charge in [0.2, 0.25) is 29.5 Å². The number of carbonyl (C=O) groups is 7. The molecular formula is C33H39ClN6O8S. The number of carbonyl (C=O) groups excluding carboxylic acids is 7. The number of unbranched alkanes of at least 4 members (excludes halogenated alkanes) is 1. The second-order valence-electron chi connectivity index (χ2n) is 10.8. The number of methoxy groups -OCH3 is 1. The van der Waals surface area contributed by atoms with Crippen LogP contribution in [0.2, 0.25) is 5.02 Å². The van der Waals surface area contributed by atoms with Crippen LogP contribution in [-0.4, -0.2) is 90.7 Å². The summed E-state index contributed by atoms with van der Waals surface area (Å²) in [6.45, 7) is 2.79.